The van der Waals surface area contributed by atoms with Gasteiger partial charge in [0.05, 0.1) is 0 Å². The van der Waals surface area contributed by atoms with Crippen molar-refractivity contribution in [2.24, 2.45) is 0 Å². The molecule has 2 aliphatic rings. The van der Waals surface area contributed by atoms with E-state index < -0.39 is 0 Å². The molecule has 2 aliphatic heterocycles. The molecule has 2 atom stereocenters. The molecule has 0 saturated carbocycles. The average Bonchev–Trinajstić information content (AvgIpc) is 2.79. The van der Waals surface area contributed by atoms with E-state index in [0.29, 0.717) is 12.1 Å². The zero-order valence-corrected chi connectivity index (χ0v) is 10.2. The summed E-state index contributed by atoms with van der Waals surface area (Å²) in [5.74, 6) is 0. The van der Waals surface area contributed by atoms with E-state index in [2.05, 4.69) is 17.6 Å². The Morgan fingerprint density at radius 1 is 1.31 bits per heavy atom. The van der Waals surface area contributed by atoms with E-state index in [1.165, 1.54) is 19.3 Å². The summed E-state index contributed by atoms with van der Waals surface area (Å²) >= 11 is 0. The molecule has 0 aromatic heterocycles. The van der Waals surface area contributed by atoms with Crippen molar-refractivity contribution in [2.75, 3.05) is 19.6 Å². The van der Waals surface area contributed by atoms with E-state index in [0.717, 1.165) is 32.5 Å². The van der Waals surface area contributed by atoms with Crippen LogP contribution in [0.3, 0.4) is 0 Å². The highest BCUT2D eigenvalue weighted by atomic mass is 16.2. The molecule has 2 saturated heterocycles. The molecule has 2 N–H and O–H groups in total. The fourth-order valence-electron chi connectivity index (χ4n) is 2.64. The summed E-state index contributed by atoms with van der Waals surface area (Å²) in [4.78, 5) is 13.7. The molecule has 0 bridgehead atoms. The van der Waals surface area contributed by atoms with Crippen LogP contribution in [0.2, 0.25) is 0 Å². The third kappa shape index (κ3) is 3.11. The Labute approximate surface area is 97.8 Å². The van der Waals surface area contributed by atoms with E-state index in [9.17, 15) is 4.79 Å². The standard InChI is InChI=1S/C12H23N3O/c1-10-5-4-6-11(14-10)9-13-12(16)15-7-2-3-8-15/h10-11,14H,2-9H2,1H3,(H,13,16). The quantitative estimate of drug-likeness (QED) is 0.744. The fraction of sp³-hybridized carbons (Fsp3) is 0.917. The molecule has 0 aromatic rings. The van der Waals surface area contributed by atoms with E-state index in [1.54, 1.807) is 0 Å². The van der Waals surface area contributed by atoms with E-state index in [4.69, 9.17) is 0 Å². The van der Waals surface area contributed by atoms with Crippen LogP contribution in [-0.4, -0.2) is 42.6 Å². The first-order chi connectivity index (χ1) is 7.75. The molecule has 2 fully saturated rings. The van der Waals surface area contributed by atoms with Crippen molar-refractivity contribution < 1.29 is 4.79 Å². The number of urea groups is 1. The van der Waals surface area contributed by atoms with Crippen LogP contribution in [0.4, 0.5) is 4.79 Å². The number of rotatable bonds is 2. The first kappa shape index (κ1) is 11.7. The summed E-state index contributed by atoms with van der Waals surface area (Å²) in [6, 6.07) is 1.19. The third-order valence-corrected chi connectivity index (χ3v) is 3.60. The van der Waals surface area contributed by atoms with Gasteiger partial charge in [-0.3, -0.25) is 0 Å². The van der Waals surface area contributed by atoms with Crippen LogP contribution in [0.5, 0.6) is 0 Å². The Morgan fingerprint density at radius 3 is 2.75 bits per heavy atom. The number of piperidine rings is 1. The number of likely N-dealkylation sites (tertiary alicyclic amines) is 1. The van der Waals surface area contributed by atoms with Gasteiger partial charge in [0.25, 0.3) is 0 Å². The lowest BCUT2D eigenvalue weighted by Crippen LogP contribution is -2.49. The minimum Gasteiger partial charge on any atom is -0.336 e. The SMILES string of the molecule is CC1CCCC(CNC(=O)N2CCCC2)N1. The van der Waals surface area contributed by atoms with Gasteiger partial charge in [-0.2, -0.15) is 0 Å². The van der Waals surface area contributed by atoms with Crippen LogP contribution in [0.25, 0.3) is 0 Å². The van der Waals surface area contributed by atoms with Gasteiger partial charge in [-0.05, 0) is 32.6 Å². The highest BCUT2D eigenvalue weighted by Gasteiger charge is 2.21. The van der Waals surface area contributed by atoms with E-state index >= 15 is 0 Å². The Bertz CT molecular complexity index is 238. The monoisotopic (exact) mass is 225 g/mol. The van der Waals surface area contributed by atoms with Gasteiger partial charge < -0.3 is 15.5 Å². The predicted molar refractivity (Wildman–Crippen MR) is 64.4 cm³/mol. The highest BCUT2D eigenvalue weighted by Crippen LogP contribution is 2.12. The molecule has 0 radical (unpaired) electrons. The van der Waals surface area contributed by atoms with Gasteiger partial charge in [0.2, 0.25) is 0 Å². The van der Waals surface area contributed by atoms with Crippen molar-refractivity contribution >= 4 is 6.03 Å². The van der Waals surface area contributed by atoms with Crippen LogP contribution in [0.1, 0.15) is 39.0 Å². The van der Waals surface area contributed by atoms with Gasteiger partial charge in [-0.1, -0.05) is 6.42 Å². The molecule has 2 rings (SSSR count). The molecule has 0 aliphatic carbocycles. The van der Waals surface area contributed by atoms with Crippen LogP contribution in [-0.2, 0) is 0 Å². The molecular formula is C12H23N3O. The number of carbonyl (C=O) groups excluding carboxylic acids is 1. The van der Waals surface area contributed by atoms with Gasteiger partial charge in [0.15, 0.2) is 0 Å². The summed E-state index contributed by atoms with van der Waals surface area (Å²) < 4.78 is 0. The maximum absolute atomic E-state index is 11.8. The highest BCUT2D eigenvalue weighted by molar-refractivity contribution is 5.74. The summed E-state index contributed by atoms with van der Waals surface area (Å²) in [5.41, 5.74) is 0. The molecule has 92 valence electrons. The number of amides is 2. The summed E-state index contributed by atoms with van der Waals surface area (Å²) in [6.45, 7) is 4.86. The number of nitrogens with one attached hydrogen (secondary N) is 2. The van der Waals surface area contributed by atoms with Crippen LogP contribution >= 0.6 is 0 Å². The lowest BCUT2D eigenvalue weighted by Gasteiger charge is -2.29. The minimum absolute atomic E-state index is 0.123. The second-order valence-corrected chi connectivity index (χ2v) is 5.08. The lowest BCUT2D eigenvalue weighted by molar-refractivity contribution is 0.205. The predicted octanol–water partition coefficient (Wildman–Crippen LogP) is 1.32. The maximum Gasteiger partial charge on any atom is 0.317 e. The Balaban J connectivity index is 1.67. The second kappa shape index (κ2) is 5.53. The van der Waals surface area contributed by atoms with Gasteiger partial charge in [0, 0.05) is 31.7 Å². The molecule has 16 heavy (non-hydrogen) atoms. The molecule has 0 spiro atoms. The van der Waals surface area contributed by atoms with Crippen molar-refractivity contribution in [1.82, 2.24) is 15.5 Å². The molecule has 2 amide bonds. The largest absolute Gasteiger partial charge is 0.336 e. The Hall–Kier alpha value is -0.770. The zero-order chi connectivity index (χ0) is 11.4. The summed E-state index contributed by atoms with van der Waals surface area (Å²) in [6.07, 6.45) is 6.04. The summed E-state index contributed by atoms with van der Waals surface area (Å²) in [7, 11) is 0. The Morgan fingerprint density at radius 2 is 2.06 bits per heavy atom. The minimum atomic E-state index is 0.123. The number of carbonyl (C=O) groups is 1. The first-order valence-corrected chi connectivity index (χ1v) is 6.54. The number of nitrogens with zero attached hydrogens (tertiary/aromatic N) is 1. The second-order valence-electron chi connectivity index (χ2n) is 5.08. The number of hydrogen-bond acceptors (Lipinski definition) is 2. The van der Waals surface area contributed by atoms with Gasteiger partial charge in [-0.25, -0.2) is 4.79 Å². The van der Waals surface area contributed by atoms with E-state index in [1.807, 2.05) is 4.90 Å². The smallest absolute Gasteiger partial charge is 0.317 e. The molecule has 4 heteroatoms. The van der Waals surface area contributed by atoms with Crippen LogP contribution < -0.4 is 10.6 Å². The van der Waals surface area contributed by atoms with Gasteiger partial charge >= 0.3 is 6.03 Å². The molecule has 2 heterocycles. The van der Waals surface area contributed by atoms with E-state index in [-0.39, 0.29) is 6.03 Å². The van der Waals surface area contributed by atoms with Crippen molar-refractivity contribution in [3.05, 3.63) is 0 Å². The fourth-order valence-corrected chi connectivity index (χ4v) is 2.64. The zero-order valence-electron chi connectivity index (χ0n) is 10.2. The maximum atomic E-state index is 11.8. The normalized spacial score (nSPS) is 30.4. The molecule has 4 nitrogen and oxygen atoms in total. The van der Waals surface area contributed by atoms with Crippen molar-refractivity contribution in [2.45, 2.75) is 51.1 Å². The van der Waals surface area contributed by atoms with Crippen LogP contribution in [0.15, 0.2) is 0 Å². The third-order valence-electron chi connectivity index (χ3n) is 3.60. The van der Waals surface area contributed by atoms with Crippen molar-refractivity contribution in [1.29, 1.82) is 0 Å². The summed E-state index contributed by atoms with van der Waals surface area (Å²) in [5, 5.41) is 6.57. The molecule has 0 aromatic carbocycles. The number of hydrogen-bond donors (Lipinski definition) is 2. The van der Waals surface area contributed by atoms with Crippen LogP contribution in [0, 0.1) is 0 Å². The van der Waals surface area contributed by atoms with Gasteiger partial charge in [-0.15, -0.1) is 0 Å². The Kier molecular flexibility index (Phi) is 4.04. The van der Waals surface area contributed by atoms with Gasteiger partial charge in [0.1, 0.15) is 0 Å². The molecular weight excluding hydrogens is 202 g/mol. The topological polar surface area (TPSA) is 44.4 Å². The average molecular weight is 225 g/mol. The van der Waals surface area contributed by atoms with Crippen molar-refractivity contribution in [3.8, 4) is 0 Å². The molecule has 2 unspecified atom stereocenters. The first-order valence-electron chi connectivity index (χ1n) is 6.54. The lowest BCUT2D eigenvalue weighted by atomic mass is 10.00. The van der Waals surface area contributed by atoms with Crippen molar-refractivity contribution in [3.63, 3.8) is 0 Å².